The van der Waals surface area contributed by atoms with E-state index in [1.807, 2.05) is 18.2 Å². The topological polar surface area (TPSA) is 38.3 Å². The van der Waals surface area contributed by atoms with E-state index in [4.69, 9.17) is 4.74 Å². The maximum Gasteiger partial charge on any atom is 0.220 e. The number of benzene rings is 1. The fourth-order valence-electron chi connectivity index (χ4n) is 1.82. The van der Waals surface area contributed by atoms with Crippen molar-refractivity contribution < 1.29 is 9.53 Å². The number of hydrogen-bond donors (Lipinski definition) is 1. The summed E-state index contributed by atoms with van der Waals surface area (Å²) in [6.07, 6.45) is 3.33. The fraction of sp³-hybridized carbons (Fsp3) is 0.533. The van der Waals surface area contributed by atoms with Gasteiger partial charge in [0.1, 0.15) is 0 Å². The van der Waals surface area contributed by atoms with Crippen LogP contribution in [0.2, 0.25) is 0 Å². The Balaban J connectivity index is 2.05. The molecule has 1 N–H and O–H groups in total. The van der Waals surface area contributed by atoms with Crippen molar-refractivity contribution >= 4 is 21.8 Å². The smallest absolute Gasteiger partial charge is 0.220 e. The number of amides is 1. The summed E-state index contributed by atoms with van der Waals surface area (Å²) in [5, 5.41) is 2.93. The number of halogens is 1. The summed E-state index contributed by atoms with van der Waals surface area (Å²) in [5.74, 6) is 0.132. The average molecular weight is 328 g/mol. The van der Waals surface area contributed by atoms with Gasteiger partial charge in [0.2, 0.25) is 5.91 Å². The van der Waals surface area contributed by atoms with Crippen LogP contribution in [-0.4, -0.2) is 31.0 Å². The Labute approximate surface area is 123 Å². The van der Waals surface area contributed by atoms with Gasteiger partial charge in [-0.15, -0.1) is 0 Å². The summed E-state index contributed by atoms with van der Waals surface area (Å²) < 4.78 is 5.02. The molecule has 1 amide bonds. The van der Waals surface area contributed by atoms with E-state index in [1.54, 1.807) is 7.11 Å². The molecule has 1 aromatic rings. The van der Waals surface area contributed by atoms with Crippen molar-refractivity contribution in [3.63, 3.8) is 0 Å². The lowest BCUT2D eigenvalue weighted by molar-refractivity contribution is -0.121. The lowest BCUT2D eigenvalue weighted by atomic mass is 10.1. The molecule has 0 saturated carbocycles. The second-order valence-electron chi connectivity index (χ2n) is 4.53. The summed E-state index contributed by atoms with van der Waals surface area (Å²) in [6.45, 7) is 1.37. The summed E-state index contributed by atoms with van der Waals surface area (Å²) in [6, 6.07) is 10.3. The van der Waals surface area contributed by atoms with Gasteiger partial charge in [-0.25, -0.2) is 0 Å². The van der Waals surface area contributed by atoms with E-state index < -0.39 is 0 Å². The van der Waals surface area contributed by atoms with E-state index in [-0.39, 0.29) is 5.91 Å². The van der Waals surface area contributed by atoms with E-state index in [1.165, 1.54) is 5.56 Å². The van der Waals surface area contributed by atoms with Crippen LogP contribution in [0.4, 0.5) is 0 Å². The molecule has 0 aromatic heterocycles. The SMILES string of the molecule is COCC(Br)CCNC(=O)CCCc1ccccc1. The van der Waals surface area contributed by atoms with Gasteiger partial charge in [0, 0.05) is 24.9 Å². The van der Waals surface area contributed by atoms with E-state index in [0.717, 1.165) is 19.3 Å². The number of rotatable bonds is 9. The molecule has 0 saturated heterocycles. The minimum Gasteiger partial charge on any atom is -0.384 e. The van der Waals surface area contributed by atoms with Crippen LogP contribution in [0.3, 0.4) is 0 Å². The Bertz CT molecular complexity index is 356. The van der Waals surface area contributed by atoms with Crippen LogP contribution in [-0.2, 0) is 16.0 Å². The summed E-state index contributed by atoms with van der Waals surface area (Å²) in [7, 11) is 1.68. The van der Waals surface area contributed by atoms with Gasteiger partial charge in [-0.05, 0) is 24.8 Å². The van der Waals surface area contributed by atoms with Crippen molar-refractivity contribution in [3.8, 4) is 0 Å². The van der Waals surface area contributed by atoms with Crippen molar-refractivity contribution in [1.29, 1.82) is 0 Å². The average Bonchev–Trinajstić information content (AvgIpc) is 2.40. The molecule has 0 spiro atoms. The number of ether oxygens (including phenoxy) is 1. The standard InChI is InChI=1S/C15H22BrNO2/c1-19-12-14(16)10-11-17-15(18)9-5-8-13-6-3-2-4-7-13/h2-4,6-7,14H,5,8-12H2,1H3,(H,17,18). The third kappa shape index (κ3) is 8.01. The first-order valence-electron chi connectivity index (χ1n) is 6.66. The highest BCUT2D eigenvalue weighted by atomic mass is 79.9. The van der Waals surface area contributed by atoms with E-state index in [2.05, 4.69) is 33.4 Å². The molecule has 0 radical (unpaired) electrons. The van der Waals surface area contributed by atoms with Crippen molar-refractivity contribution in [2.24, 2.45) is 0 Å². The van der Waals surface area contributed by atoms with Gasteiger partial charge in [-0.1, -0.05) is 46.3 Å². The zero-order valence-corrected chi connectivity index (χ0v) is 13.0. The monoisotopic (exact) mass is 327 g/mol. The van der Waals surface area contributed by atoms with Gasteiger partial charge in [0.05, 0.1) is 6.61 Å². The first-order chi connectivity index (χ1) is 9.22. The molecule has 0 aliphatic rings. The van der Waals surface area contributed by atoms with Gasteiger partial charge in [-0.3, -0.25) is 4.79 Å². The number of aryl methyl sites for hydroxylation is 1. The zero-order valence-electron chi connectivity index (χ0n) is 11.4. The highest BCUT2D eigenvalue weighted by Crippen LogP contribution is 2.05. The highest BCUT2D eigenvalue weighted by Gasteiger charge is 2.05. The van der Waals surface area contributed by atoms with E-state index in [9.17, 15) is 4.79 Å². The molecule has 0 heterocycles. The van der Waals surface area contributed by atoms with Crippen molar-refractivity contribution in [2.75, 3.05) is 20.3 Å². The molecule has 0 fully saturated rings. The summed E-state index contributed by atoms with van der Waals surface area (Å²) in [5.41, 5.74) is 1.29. The Morgan fingerprint density at radius 3 is 2.79 bits per heavy atom. The first kappa shape index (κ1) is 16.2. The van der Waals surface area contributed by atoms with Crippen LogP contribution in [0.25, 0.3) is 0 Å². The van der Waals surface area contributed by atoms with Gasteiger partial charge in [0.15, 0.2) is 0 Å². The van der Waals surface area contributed by atoms with Crippen molar-refractivity contribution in [3.05, 3.63) is 35.9 Å². The minimum absolute atomic E-state index is 0.132. The Morgan fingerprint density at radius 1 is 1.37 bits per heavy atom. The highest BCUT2D eigenvalue weighted by molar-refractivity contribution is 9.09. The molecule has 1 atom stereocenters. The second-order valence-corrected chi connectivity index (χ2v) is 5.83. The Hall–Kier alpha value is -0.870. The lowest BCUT2D eigenvalue weighted by Crippen LogP contribution is -2.26. The molecule has 0 aliphatic heterocycles. The molecule has 0 bridgehead atoms. The van der Waals surface area contributed by atoms with Crippen molar-refractivity contribution in [1.82, 2.24) is 5.32 Å². The molecule has 3 nitrogen and oxygen atoms in total. The van der Waals surface area contributed by atoms with Crippen molar-refractivity contribution in [2.45, 2.75) is 30.5 Å². The molecule has 1 rings (SSSR count). The fourth-order valence-corrected chi connectivity index (χ4v) is 2.31. The predicted molar refractivity (Wildman–Crippen MR) is 81.6 cm³/mol. The lowest BCUT2D eigenvalue weighted by Gasteiger charge is -2.09. The number of hydrogen-bond acceptors (Lipinski definition) is 2. The Morgan fingerprint density at radius 2 is 2.11 bits per heavy atom. The molecule has 4 heteroatoms. The molecule has 106 valence electrons. The zero-order chi connectivity index (χ0) is 13.9. The predicted octanol–water partition coefficient (Wildman–Crippen LogP) is 2.93. The van der Waals surface area contributed by atoms with Crippen LogP contribution in [0.5, 0.6) is 0 Å². The molecule has 19 heavy (non-hydrogen) atoms. The Kier molecular flexibility index (Phi) is 8.50. The number of nitrogens with one attached hydrogen (secondary N) is 1. The maximum absolute atomic E-state index is 11.6. The molecule has 0 aliphatic carbocycles. The molecule has 1 aromatic carbocycles. The number of alkyl halides is 1. The van der Waals surface area contributed by atoms with Crippen LogP contribution in [0, 0.1) is 0 Å². The summed E-state index contributed by atoms with van der Waals surface area (Å²) in [4.78, 5) is 11.9. The normalized spacial score (nSPS) is 12.1. The van der Waals surface area contributed by atoms with Gasteiger partial charge < -0.3 is 10.1 Å². The minimum atomic E-state index is 0.132. The third-order valence-electron chi connectivity index (χ3n) is 2.84. The largest absolute Gasteiger partial charge is 0.384 e. The number of methoxy groups -OCH3 is 1. The van der Waals surface area contributed by atoms with E-state index in [0.29, 0.717) is 24.4 Å². The quantitative estimate of drug-likeness (QED) is 0.708. The molecular formula is C15H22BrNO2. The number of carbonyl (C=O) groups is 1. The molecular weight excluding hydrogens is 306 g/mol. The maximum atomic E-state index is 11.6. The van der Waals surface area contributed by atoms with Crippen LogP contribution >= 0.6 is 15.9 Å². The first-order valence-corrected chi connectivity index (χ1v) is 7.57. The second kappa shape index (κ2) is 9.98. The number of carbonyl (C=O) groups excluding carboxylic acids is 1. The van der Waals surface area contributed by atoms with E-state index >= 15 is 0 Å². The van der Waals surface area contributed by atoms with Crippen LogP contribution in [0.15, 0.2) is 30.3 Å². The van der Waals surface area contributed by atoms with Crippen LogP contribution < -0.4 is 5.32 Å². The van der Waals surface area contributed by atoms with Crippen LogP contribution in [0.1, 0.15) is 24.8 Å². The van der Waals surface area contributed by atoms with Gasteiger partial charge >= 0.3 is 0 Å². The third-order valence-corrected chi connectivity index (χ3v) is 3.56. The van der Waals surface area contributed by atoms with Gasteiger partial charge in [-0.2, -0.15) is 0 Å². The summed E-state index contributed by atoms with van der Waals surface area (Å²) >= 11 is 3.50. The van der Waals surface area contributed by atoms with Gasteiger partial charge in [0.25, 0.3) is 0 Å². The molecule has 1 unspecified atom stereocenters.